The molecule has 3 aromatic rings. The summed E-state index contributed by atoms with van der Waals surface area (Å²) in [5.74, 6) is 0.0862. The van der Waals surface area contributed by atoms with Crippen LogP contribution in [0.25, 0.3) is 10.9 Å². The molecule has 1 heterocycles. The third kappa shape index (κ3) is 2.57. The second kappa shape index (κ2) is 5.31. The lowest BCUT2D eigenvalue weighted by Crippen LogP contribution is -1.79. The lowest BCUT2D eigenvalue weighted by Gasteiger charge is -1.95. The van der Waals surface area contributed by atoms with E-state index in [-0.39, 0.29) is 5.88 Å². The molecule has 5 heteroatoms. The van der Waals surface area contributed by atoms with Gasteiger partial charge in [-0.05, 0) is 36.4 Å². The highest BCUT2D eigenvalue weighted by atomic mass is 79.9. The molecule has 0 aliphatic carbocycles. The quantitative estimate of drug-likeness (QED) is 0.626. The maximum atomic E-state index is 9.95. The van der Waals surface area contributed by atoms with E-state index in [0.717, 1.165) is 21.1 Å². The van der Waals surface area contributed by atoms with E-state index < -0.39 is 0 Å². The number of hydrogen-bond donors (Lipinski definition) is 2. The lowest BCUT2D eigenvalue weighted by molar-refractivity contribution is 0.457. The Kier molecular flexibility index (Phi) is 3.51. The van der Waals surface area contributed by atoms with Crippen molar-refractivity contribution in [2.24, 2.45) is 4.99 Å². The lowest BCUT2D eigenvalue weighted by atomic mass is 10.2. The van der Waals surface area contributed by atoms with Crippen LogP contribution in [-0.4, -0.2) is 16.3 Å². The Morgan fingerprint density at radius 3 is 2.65 bits per heavy atom. The van der Waals surface area contributed by atoms with Gasteiger partial charge in [0.2, 0.25) is 0 Å². The zero-order valence-corrected chi connectivity index (χ0v) is 12.6. The molecule has 2 aromatic carbocycles. The Labute approximate surface area is 129 Å². The predicted octanol–water partition coefficient (Wildman–Crippen LogP) is 5.04. The van der Waals surface area contributed by atoms with Crippen molar-refractivity contribution in [2.45, 2.75) is 0 Å². The number of aromatic amines is 1. The molecule has 0 aliphatic rings. The first-order valence-corrected chi connectivity index (χ1v) is 7.10. The molecule has 0 unspecified atom stereocenters. The molecule has 20 heavy (non-hydrogen) atoms. The highest BCUT2D eigenvalue weighted by Gasteiger charge is 2.08. The maximum Gasteiger partial charge on any atom is 0.198 e. The molecule has 0 atom stereocenters. The number of aliphatic imine (C=N–C) groups is 1. The van der Waals surface area contributed by atoms with Crippen molar-refractivity contribution in [2.75, 3.05) is 0 Å². The van der Waals surface area contributed by atoms with Crippen molar-refractivity contribution in [3.63, 3.8) is 0 Å². The number of fused-ring (bicyclic) bond motifs is 1. The van der Waals surface area contributed by atoms with Gasteiger partial charge in [0.05, 0.1) is 16.8 Å². The Morgan fingerprint density at radius 1 is 1.15 bits per heavy atom. The van der Waals surface area contributed by atoms with Gasteiger partial charge in [-0.1, -0.05) is 33.6 Å². The number of benzene rings is 2. The Balaban J connectivity index is 2.02. The van der Waals surface area contributed by atoms with Crippen LogP contribution in [0, 0.1) is 0 Å². The van der Waals surface area contributed by atoms with Gasteiger partial charge in [0.1, 0.15) is 0 Å². The molecule has 0 bridgehead atoms. The molecule has 3 rings (SSSR count). The first kappa shape index (κ1) is 13.2. The molecular weight excluding hydrogens is 340 g/mol. The van der Waals surface area contributed by atoms with Gasteiger partial charge < -0.3 is 10.1 Å². The number of rotatable bonds is 2. The first-order chi connectivity index (χ1) is 9.63. The van der Waals surface area contributed by atoms with Crippen LogP contribution < -0.4 is 0 Å². The molecule has 100 valence electrons. The van der Waals surface area contributed by atoms with Crippen molar-refractivity contribution < 1.29 is 5.11 Å². The Morgan fingerprint density at radius 2 is 1.90 bits per heavy atom. The van der Waals surface area contributed by atoms with Gasteiger partial charge in [-0.2, -0.15) is 0 Å². The van der Waals surface area contributed by atoms with Crippen LogP contribution in [0.2, 0.25) is 5.02 Å². The summed E-state index contributed by atoms with van der Waals surface area (Å²) < 4.78 is 1.00. The fourth-order valence-corrected chi connectivity index (χ4v) is 2.41. The van der Waals surface area contributed by atoms with Crippen molar-refractivity contribution in [3.8, 4) is 5.88 Å². The zero-order chi connectivity index (χ0) is 14.1. The highest BCUT2D eigenvalue weighted by molar-refractivity contribution is 9.10. The standard InChI is InChI=1S/C15H10BrClN2O/c16-9-1-4-11(5-2-9)18-8-13-12-6-3-10(17)7-14(12)19-15(13)20/h1-8,19-20H. The number of nitrogens with one attached hydrogen (secondary N) is 1. The summed E-state index contributed by atoms with van der Waals surface area (Å²) in [6.07, 6.45) is 1.64. The van der Waals surface area contributed by atoms with Gasteiger partial charge in [0.25, 0.3) is 0 Å². The number of H-pyrrole nitrogens is 1. The largest absolute Gasteiger partial charge is 0.494 e. The third-order valence-electron chi connectivity index (χ3n) is 2.95. The van der Waals surface area contributed by atoms with Gasteiger partial charge in [0.15, 0.2) is 5.88 Å². The summed E-state index contributed by atoms with van der Waals surface area (Å²) in [7, 11) is 0. The van der Waals surface area contributed by atoms with E-state index in [0.29, 0.717) is 10.6 Å². The molecule has 2 N–H and O–H groups in total. The van der Waals surface area contributed by atoms with E-state index >= 15 is 0 Å². The topological polar surface area (TPSA) is 48.4 Å². The molecule has 0 aliphatic heterocycles. The van der Waals surface area contributed by atoms with Crippen molar-refractivity contribution in [1.29, 1.82) is 0 Å². The third-order valence-corrected chi connectivity index (χ3v) is 3.71. The van der Waals surface area contributed by atoms with Gasteiger partial charge in [0, 0.05) is 21.1 Å². The second-order valence-corrected chi connectivity index (χ2v) is 5.66. The zero-order valence-electron chi connectivity index (χ0n) is 10.3. The van der Waals surface area contributed by atoms with Crippen LogP contribution in [-0.2, 0) is 0 Å². The highest BCUT2D eigenvalue weighted by Crippen LogP contribution is 2.28. The predicted molar refractivity (Wildman–Crippen MR) is 86.4 cm³/mol. The van der Waals surface area contributed by atoms with Crippen LogP contribution >= 0.6 is 27.5 Å². The molecule has 0 fully saturated rings. The second-order valence-electron chi connectivity index (χ2n) is 4.31. The van der Waals surface area contributed by atoms with Crippen LogP contribution in [0.15, 0.2) is 51.9 Å². The summed E-state index contributed by atoms with van der Waals surface area (Å²) >= 11 is 9.31. The van der Waals surface area contributed by atoms with E-state index in [1.807, 2.05) is 30.3 Å². The summed E-state index contributed by atoms with van der Waals surface area (Å²) in [6, 6.07) is 13.0. The SMILES string of the molecule is Oc1[nH]c2cc(Cl)ccc2c1C=Nc1ccc(Br)cc1. The maximum absolute atomic E-state index is 9.95. The smallest absolute Gasteiger partial charge is 0.198 e. The van der Waals surface area contributed by atoms with Gasteiger partial charge in [-0.3, -0.25) is 4.99 Å². The van der Waals surface area contributed by atoms with Crippen LogP contribution in [0.4, 0.5) is 5.69 Å². The van der Waals surface area contributed by atoms with E-state index in [1.165, 1.54) is 0 Å². The minimum Gasteiger partial charge on any atom is -0.494 e. The number of aromatic hydroxyl groups is 1. The van der Waals surface area contributed by atoms with Gasteiger partial charge in [-0.15, -0.1) is 0 Å². The Bertz CT molecular complexity index is 793. The molecule has 0 spiro atoms. The van der Waals surface area contributed by atoms with Crippen LogP contribution in [0.1, 0.15) is 5.56 Å². The van der Waals surface area contributed by atoms with E-state index in [4.69, 9.17) is 11.6 Å². The van der Waals surface area contributed by atoms with Gasteiger partial charge in [-0.25, -0.2) is 0 Å². The first-order valence-electron chi connectivity index (χ1n) is 5.93. The van der Waals surface area contributed by atoms with E-state index in [1.54, 1.807) is 18.3 Å². The molecular formula is C15H10BrClN2O. The number of halogens is 2. The number of aromatic nitrogens is 1. The summed E-state index contributed by atoms with van der Waals surface area (Å²) in [5, 5.41) is 11.5. The molecule has 0 amide bonds. The van der Waals surface area contributed by atoms with Crippen molar-refractivity contribution in [1.82, 2.24) is 4.98 Å². The molecule has 0 saturated heterocycles. The van der Waals surface area contributed by atoms with Crippen molar-refractivity contribution >= 4 is 50.3 Å². The molecule has 0 saturated carbocycles. The minimum atomic E-state index is 0.0862. The average molecular weight is 350 g/mol. The molecule has 3 nitrogen and oxygen atoms in total. The minimum absolute atomic E-state index is 0.0862. The van der Waals surface area contributed by atoms with E-state index in [9.17, 15) is 5.11 Å². The van der Waals surface area contributed by atoms with Crippen LogP contribution in [0.5, 0.6) is 5.88 Å². The number of hydrogen-bond acceptors (Lipinski definition) is 2. The fraction of sp³-hybridized carbons (Fsp3) is 0. The normalized spacial score (nSPS) is 11.5. The van der Waals surface area contributed by atoms with E-state index in [2.05, 4.69) is 25.9 Å². The van der Waals surface area contributed by atoms with Crippen LogP contribution in [0.3, 0.4) is 0 Å². The monoisotopic (exact) mass is 348 g/mol. The summed E-state index contributed by atoms with van der Waals surface area (Å²) in [5.41, 5.74) is 2.25. The average Bonchev–Trinajstić information content (AvgIpc) is 2.73. The van der Waals surface area contributed by atoms with Gasteiger partial charge >= 0.3 is 0 Å². The van der Waals surface area contributed by atoms with Crippen molar-refractivity contribution in [3.05, 3.63) is 57.5 Å². The number of nitrogens with zero attached hydrogens (tertiary/aromatic N) is 1. The molecule has 1 aromatic heterocycles. The summed E-state index contributed by atoms with van der Waals surface area (Å²) in [6.45, 7) is 0. The molecule has 0 radical (unpaired) electrons. The Hall–Kier alpha value is -1.78. The fourth-order valence-electron chi connectivity index (χ4n) is 1.97. The summed E-state index contributed by atoms with van der Waals surface area (Å²) in [4.78, 5) is 7.25.